The highest BCUT2D eigenvalue weighted by atomic mass is 19.3. The number of ether oxygens (including phenoxy) is 1. The van der Waals surface area contributed by atoms with Gasteiger partial charge in [0.05, 0.1) is 13.2 Å². The molecule has 0 aromatic heterocycles. The Morgan fingerprint density at radius 3 is 2.86 bits per heavy atom. The molecule has 1 aliphatic heterocycles. The summed E-state index contributed by atoms with van der Waals surface area (Å²) >= 11 is 0. The van der Waals surface area contributed by atoms with Crippen LogP contribution in [-0.2, 0) is 4.74 Å². The number of aliphatic hydroxyl groups is 1. The third-order valence-electron chi connectivity index (χ3n) is 2.59. The maximum atomic E-state index is 12.7. The lowest BCUT2D eigenvalue weighted by Gasteiger charge is -2.22. The van der Waals surface area contributed by atoms with Crippen LogP contribution < -0.4 is 5.32 Å². The molecular weight excluding hydrogens is 192 g/mol. The Hall–Kier alpha value is -0.260. The van der Waals surface area contributed by atoms with Crippen LogP contribution in [0.15, 0.2) is 0 Å². The third kappa shape index (κ3) is 3.48. The van der Waals surface area contributed by atoms with Gasteiger partial charge in [0, 0.05) is 12.6 Å². The van der Waals surface area contributed by atoms with Gasteiger partial charge in [0.1, 0.15) is 6.61 Å². The zero-order chi connectivity index (χ0) is 10.6. The van der Waals surface area contributed by atoms with Crippen LogP contribution in [0.4, 0.5) is 8.78 Å². The van der Waals surface area contributed by atoms with Gasteiger partial charge in [-0.05, 0) is 19.3 Å². The molecule has 3 nitrogen and oxygen atoms in total. The van der Waals surface area contributed by atoms with Crippen molar-refractivity contribution >= 4 is 0 Å². The lowest BCUT2D eigenvalue weighted by atomic mass is 10.0. The summed E-state index contributed by atoms with van der Waals surface area (Å²) in [5.41, 5.74) is 0. The van der Waals surface area contributed by atoms with E-state index in [1.54, 1.807) is 0 Å². The smallest absolute Gasteiger partial charge is 0.282 e. The van der Waals surface area contributed by atoms with Gasteiger partial charge in [0.15, 0.2) is 0 Å². The first-order valence-corrected chi connectivity index (χ1v) is 4.85. The molecule has 2 N–H and O–H groups in total. The molecular formula is C9H17F2NO2. The molecule has 1 rings (SSSR count). The second-order valence-corrected chi connectivity index (χ2v) is 3.81. The Morgan fingerprint density at radius 1 is 1.64 bits per heavy atom. The van der Waals surface area contributed by atoms with E-state index in [9.17, 15) is 8.78 Å². The average Bonchev–Trinajstić information content (AvgIpc) is 2.67. The zero-order valence-corrected chi connectivity index (χ0v) is 8.30. The van der Waals surface area contributed by atoms with E-state index in [0.29, 0.717) is 19.1 Å². The molecule has 1 heterocycles. The fourth-order valence-corrected chi connectivity index (χ4v) is 1.48. The minimum Gasteiger partial charge on any atom is -0.390 e. The summed E-state index contributed by atoms with van der Waals surface area (Å²) in [4.78, 5) is 0. The molecule has 2 unspecified atom stereocenters. The topological polar surface area (TPSA) is 41.5 Å². The van der Waals surface area contributed by atoms with Gasteiger partial charge in [0.2, 0.25) is 0 Å². The van der Waals surface area contributed by atoms with Crippen LogP contribution in [-0.4, -0.2) is 43.4 Å². The number of nitrogens with one attached hydrogen (secondary N) is 1. The third-order valence-corrected chi connectivity index (χ3v) is 2.59. The number of hydrogen-bond acceptors (Lipinski definition) is 3. The quantitative estimate of drug-likeness (QED) is 0.697. The molecule has 1 saturated heterocycles. The van der Waals surface area contributed by atoms with E-state index in [1.165, 1.54) is 0 Å². The van der Waals surface area contributed by atoms with E-state index in [4.69, 9.17) is 9.84 Å². The lowest BCUT2D eigenvalue weighted by Crippen LogP contribution is -2.43. The van der Waals surface area contributed by atoms with E-state index in [1.807, 2.05) is 6.92 Å². The van der Waals surface area contributed by atoms with Crippen LogP contribution in [0, 0.1) is 5.92 Å². The predicted molar refractivity (Wildman–Crippen MR) is 48.4 cm³/mol. The molecule has 0 amide bonds. The maximum Gasteiger partial charge on any atom is 0.282 e. The molecule has 5 heteroatoms. The Kier molecular flexibility index (Phi) is 4.22. The molecule has 1 aliphatic rings. The molecule has 0 radical (unpaired) electrons. The van der Waals surface area contributed by atoms with Crippen molar-refractivity contribution in [3.8, 4) is 0 Å². The van der Waals surface area contributed by atoms with Gasteiger partial charge >= 0.3 is 0 Å². The summed E-state index contributed by atoms with van der Waals surface area (Å²) < 4.78 is 30.5. The van der Waals surface area contributed by atoms with Crippen molar-refractivity contribution in [1.29, 1.82) is 0 Å². The molecule has 0 bridgehead atoms. The minimum absolute atomic E-state index is 0.00919. The van der Waals surface area contributed by atoms with Crippen LogP contribution in [0.2, 0.25) is 0 Å². The zero-order valence-electron chi connectivity index (χ0n) is 8.30. The number of alkyl halides is 2. The molecule has 84 valence electrons. The first-order chi connectivity index (χ1) is 6.55. The highest BCUT2D eigenvalue weighted by molar-refractivity contribution is 4.78. The van der Waals surface area contributed by atoms with E-state index in [0.717, 1.165) is 6.42 Å². The Labute approximate surface area is 82.4 Å². The first kappa shape index (κ1) is 11.8. The molecule has 0 aliphatic carbocycles. The Balaban J connectivity index is 2.23. The number of rotatable bonds is 5. The summed E-state index contributed by atoms with van der Waals surface area (Å²) in [7, 11) is 0. The highest BCUT2D eigenvalue weighted by Gasteiger charge is 2.30. The van der Waals surface area contributed by atoms with Crippen molar-refractivity contribution in [1.82, 2.24) is 5.32 Å². The van der Waals surface area contributed by atoms with Gasteiger partial charge in [-0.2, -0.15) is 0 Å². The fraction of sp³-hybridized carbons (Fsp3) is 1.00. The molecule has 0 aromatic rings. The number of halogens is 2. The fourth-order valence-electron chi connectivity index (χ4n) is 1.48. The van der Waals surface area contributed by atoms with Gasteiger partial charge in [-0.1, -0.05) is 0 Å². The summed E-state index contributed by atoms with van der Waals surface area (Å²) in [5, 5.41) is 11.1. The second kappa shape index (κ2) is 5.00. The lowest BCUT2D eigenvalue weighted by molar-refractivity contribution is -0.0501. The van der Waals surface area contributed by atoms with Crippen LogP contribution in [0.3, 0.4) is 0 Å². The van der Waals surface area contributed by atoms with Crippen molar-refractivity contribution in [2.75, 3.05) is 26.4 Å². The monoisotopic (exact) mass is 209 g/mol. The second-order valence-electron chi connectivity index (χ2n) is 3.81. The van der Waals surface area contributed by atoms with Crippen LogP contribution in [0.25, 0.3) is 0 Å². The van der Waals surface area contributed by atoms with Gasteiger partial charge in [-0.15, -0.1) is 0 Å². The van der Waals surface area contributed by atoms with E-state index in [-0.39, 0.29) is 6.04 Å². The maximum absolute atomic E-state index is 12.7. The SMILES string of the molecule is CC(NCC(F)(F)CO)C1CCOC1. The summed E-state index contributed by atoms with van der Waals surface area (Å²) in [6, 6.07) is 0.00919. The van der Waals surface area contributed by atoms with Crippen molar-refractivity contribution in [3.05, 3.63) is 0 Å². The molecule has 0 aromatic carbocycles. The standard InChI is InChI=1S/C9H17F2NO2/c1-7(8-2-3-14-4-8)12-5-9(10,11)6-13/h7-8,12-13H,2-6H2,1H3. The van der Waals surface area contributed by atoms with Crippen molar-refractivity contribution < 1.29 is 18.6 Å². The van der Waals surface area contributed by atoms with Gasteiger partial charge in [0.25, 0.3) is 5.92 Å². The molecule has 14 heavy (non-hydrogen) atoms. The Morgan fingerprint density at radius 2 is 2.36 bits per heavy atom. The number of hydrogen-bond donors (Lipinski definition) is 2. The minimum atomic E-state index is -3.02. The van der Waals surface area contributed by atoms with Crippen molar-refractivity contribution in [2.24, 2.45) is 5.92 Å². The van der Waals surface area contributed by atoms with E-state index >= 15 is 0 Å². The summed E-state index contributed by atoms with van der Waals surface area (Å²) in [5.74, 6) is -2.71. The largest absolute Gasteiger partial charge is 0.390 e. The Bertz CT molecular complexity index is 172. The van der Waals surface area contributed by atoms with E-state index < -0.39 is 19.1 Å². The van der Waals surface area contributed by atoms with Crippen molar-refractivity contribution in [2.45, 2.75) is 25.3 Å². The normalized spacial score (nSPS) is 25.3. The molecule has 0 saturated carbocycles. The first-order valence-electron chi connectivity index (χ1n) is 4.85. The average molecular weight is 209 g/mol. The van der Waals surface area contributed by atoms with Crippen LogP contribution in [0.5, 0.6) is 0 Å². The molecule has 2 atom stereocenters. The van der Waals surface area contributed by atoms with Gasteiger partial charge in [-0.25, -0.2) is 8.78 Å². The predicted octanol–water partition coefficient (Wildman–Crippen LogP) is 0.629. The van der Waals surface area contributed by atoms with Crippen LogP contribution in [0.1, 0.15) is 13.3 Å². The van der Waals surface area contributed by atoms with Crippen molar-refractivity contribution in [3.63, 3.8) is 0 Å². The summed E-state index contributed by atoms with van der Waals surface area (Å²) in [6.45, 7) is 1.65. The molecule has 1 fully saturated rings. The number of aliphatic hydroxyl groups excluding tert-OH is 1. The summed E-state index contributed by atoms with van der Waals surface area (Å²) in [6.07, 6.45) is 0.916. The van der Waals surface area contributed by atoms with Gasteiger partial charge in [-0.3, -0.25) is 0 Å². The molecule has 0 spiro atoms. The van der Waals surface area contributed by atoms with Crippen LogP contribution >= 0.6 is 0 Å². The van der Waals surface area contributed by atoms with E-state index in [2.05, 4.69) is 5.32 Å². The highest BCUT2D eigenvalue weighted by Crippen LogP contribution is 2.17. The van der Waals surface area contributed by atoms with Gasteiger partial charge < -0.3 is 15.2 Å².